The van der Waals surface area contributed by atoms with Gasteiger partial charge in [-0.3, -0.25) is 4.79 Å². The number of carbonyl (C=O) groups is 3. The second-order valence-electron chi connectivity index (χ2n) is 8.46. The highest BCUT2D eigenvalue weighted by Gasteiger charge is 2.39. The Labute approximate surface area is 181 Å². The van der Waals surface area contributed by atoms with Gasteiger partial charge < -0.3 is 24.7 Å². The minimum absolute atomic E-state index is 0.171. The van der Waals surface area contributed by atoms with Gasteiger partial charge in [0.05, 0.1) is 13.4 Å². The van der Waals surface area contributed by atoms with E-state index < -0.39 is 35.7 Å². The number of benzene rings is 1. The summed E-state index contributed by atoms with van der Waals surface area (Å²) in [5.41, 5.74) is 1.90. The SMILES string of the molecule is COC(=O)[C@@H]1Cc2ccccc2CN1C(=O)[C@H](Cc1cnc[nH]1)NC(=O)OC(C)(C)C. The van der Waals surface area contributed by atoms with Gasteiger partial charge in [-0.1, -0.05) is 24.3 Å². The first-order valence-electron chi connectivity index (χ1n) is 10.1. The van der Waals surface area contributed by atoms with Crippen LogP contribution in [0.25, 0.3) is 0 Å². The molecule has 0 radical (unpaired) electrons. The molecular weight excluding hydrogens is 400 g/mol. The van der Waals surface area contributed by atoms with Crippen molar-refractivity contribution in [1.29, 1.82) is 0 Å². The van der Waals surface area contributed by atoms with E-state index in [0.29, 0.717) is 12.1 Å². The molecule has 2 atom stereocenters. The van der Waals surface area contributed by atoms with E-state index in [4.69, 9.17) is 9.47 Å². The molecule has 3 rings (SSSR count). The normalized spacial score (nSPS) is 16.8. The summed E-state index contributed by atoms with van der Waals surface area (Å²) >= 11 is 0. The Bertz CT molecular complexity index is 936. The van der Waals surface area contributed by atoms with Gasteiger partial charge in [0.25, 0.3) is 0 Å². The van der Waals surface area contributed by atoms with E-state index in [0.717, 1.165) is 11.1 Å². The third-order valence-corrected chi connectivity index (χ3v) is 4.97. The molecule has 0 saturated heterocycles. The molecule has 0 spiro atoms. The molecule has 1 aromatic carbocycles. The number of aromatic nitrogens is 2. The van der Waals surface area contributed by atoms with Crippen molar-refractivity contribution in [2.75, 3.05) is 7.11 Å². The number of methoxy groups -OCH3 is 1. The third-order valence-electron chi connectivity index (χ3n) is 4.97. The number of nitrogens with zero attached hydrogens (tertiary/aromatic N) is 2. The van der Waals surface area contributed by atoms with Crippen LogP contribution in [0.3, 0.4) is 0 Å². The van der Waals surface area contributed by atoms with Crippen LogP contribution in [0.5, 0.6) is 0 Å². The molecule has 166 valence electrons. The molecule has 1 aliphatic rings. The van der Waals surface area contributed by atoms with Gasteiger partial charge in [-0.05, 0) is 31.9 Å². The van der Waals surface area contributed by atoms with E-state index >= 15 is 0 Å². The molecule has 31 heavy (non-hydrogen) atoms. The van der Waals surface area contributed by atoms with Gasteiger partial charge in [-0.15, -0.1) is 0 Å². The van der Waals surface area contributed by atoms with Crippen molar-refractivity contribution in [1.82, 2.24) is 20.2 Å². The summed E-state index contributed by atoms with van der Waals surface area (Å²) < 4.78 is 10.3. The minimum atomic E-state index is -0.951. The van der Waals surface area contributed by atoms with Crippen molar-refractivity contribution >= 4 is 18.0 Å². The minimum Gasteiger partial charge on any atom is -0.467 e. The number of imidazole rings is 1. The molecule has 1 aliphatic heterocycles. The van der Waals surface area contributed by atoms with Gasteiger partial charge in [0.2, 0.25) is 5.91 Å². The Kier molecular flexibility index (Phi) is 6.62. The van der Waals surface area contributed by atoms with Crippen molar-refractivity contribution < 1.29 is 23.9 Å². The lowest BCUT2D eigenvalue weighted by molar-refractivity contribution is -0.154. The summed E-state index contributed by atoms with van der Waals surface area (Å²) in [7, 11) is 1.30. The Morgan fingerprint density at radius 3 is 2.58 bits per heavy atom. The molecule has 0 aliphatic carbocycles. The van der Waals surface area contributed by atoms with Crippen LogP contribution in [0.4, 0.5) is 4.79 Å². The molecule has 9 nitrogen and oxygen atoms in total. The maximum atomic E-state index is 13.6. The second kappa shape index (κ2) is 9.20. The van der Waals surface area contributed by atoms with Gasteiger partial charge in [0.1, 0.15) is 17.7 Å². The van der Waals surface area contributed by atoms with Crippen molar-refractivity contribution in [3.8, 4) is 0 Å². The Morgan fingerprint density at radius 1 is 1.26 bits per heavy atom. The van der Waals surface area contributed by atoms with Crippen LogP contribution in [0.1, 0.15) is 37.6 Å². The second-order valence-corrected chi connectivity index (χ2v) is 8.46. The Morgan fingerprint density at radius 2 is 1.97 bits per heavy atom. The Balaban J connectivity index is 1.88. The quantitative estimate of drug-likeness (QED) is 0.704. The summed E-state index contributed by atoms with van der Waals surface area (Å²) in [6, 6.07) is 5.92. The average Bonchev–Trinajstić information content (AvgIpc) is 3.23. The van der Waals surface area contributed by atoms with Crippen LogP contribution in [-0.4, -0.2) is 57.6 Å². The summed E-state index contributed by atoms with van der Waals surface area (Å²) in [4.78, 5) is 46.9. The number of amides is 2. The monoisotopic (exact) mass is 428 g/mol. The van der Waals surface area contributed by atoms with E-state index in [9.17, 15) is 14.4 Å². The van der Waals surface area contributed by atoms with Crippen LogP contribution >= 0.6 is 0 Å². The number of hydrogen-bond acceptors (Lipinski definition) is 6. The van der Waals surface area contributed by atoms with Crippen molar-refractivity contribution in [3.05, 3.63) is 53.6 Å². The molecule has 2 N–H and O–H groups in total. The molecular formula is C22H28N4O5. The highest BCUT2D eigenvalue weighted by molar-refractivity contribution is 5.90. The molecule has 2 heterocycles. The van der Waals surface area contributed by atoms with Crippen LogP contribution < -0.4 is 5.32 Å². The maximum absolute atomic E-state index is 13.6. The predicted molar refractivity (Wildman–Crippen MR) is 112 cm³/mol. The van der Waals surface area contributed by atoms with Gasteiger partial charge in [-0.2, -0.15) is 0 Å². The number of hydrogen-bond donors (Lipinski definition) is 2. The third kappa shape index (κ3) is 5.62. The van der Waals surface area contributed by atoms with Gasteiger partial charge >= 0.3 is 12.1 Å². The fraction of sp³-hybridized carbons (Fsp3) is 0.455. The van der Waals surface area contributed by atoms with Gasteiger partial charge in [0, 0.05) is 31.3 Å². The van der Waals surface area contributed by atoms with Crippen molar-refractivity contribution in [2.45, 2.75) is 57.8 Å². The first-order valence-corrected chi connectivity index (χ1v) is 10.1. The van der Waals surface area contributed by atoms with Crippen molar-refractivity contribution in [2.24, 2.45) is 0 Å². The van der Waals surface area contributed by atoms with E-state index in [-0.39, 0.29) is 13.0 Å². The van der Waals surface area contributed by atoms with Gasteiger partial charge in [0.15, 0.2) is 0 Å². The number of esters is 1. The number of rotatable bonds is 5. The zero-order chi connectivity index (χ0) is 22.6. The highest BCUT2D eigenvalue weighted by atomic mass is 16.6. The van der Waals surface area contributed by atoms with Crippen LogP contribution in [0, 0.1) is 0 Å². The predicted octanol–water partition coefficient (Wildman–Crippen LogP) is 1.97. The smallest absolute Gasteiger partial charge is 0.408 e. The molecule has 0 fully saturated rings. The largest absolute Gasteiger partial charge is 0.467 e. The lowest BCUT2D eigenvalue weighted by Gasteiger charge is -2.37. The molecule has 9 heteroatoms. The molecule has 2 amide bonds. The molecule has 2 aromatic rings. The Hall–Kier alpha value is -3.36. The van der Waals surface area contributed by atoms with E-state index in [2.05, 4.69) is 15.3 Å². The maximum Gasteiger partial charge on any atom is 0.408 e. The zero-order valence-corrected chi connectivity index (χ0v) is 18.2. The number of fused-ring (bicyclic) bond motifs is 1. The zero-order valence-electron chi connectivity index (χ0n) is 18.2. The fourth-order valence-corrected chi connectivity index (χ4v) is 3.57. The number of nitrogens with one attached hydrogen (secondary N) is 2. The summed E-state index contributed by atoms with van der Waals surface area (Å²) in [5, 5.41) is 2.66. The number of H-pyrrole nitrogens is 1. The number of carbonyl (C=O) groups excluding carboxylic acids is 3. The molecule has 0 bridgehead atoms. The highest BCUT2D eigenvalue weighted by Crippen LogP contribution is 2.25. The topological polar surface area (TPSA) is 114 Å². The van der Waals surface area contributed by atoms with Crippen LogP contribution in [0.15, 0.2) is 36.8 Å². The molecule has 0 saturated carbocycles. The molecule has 1 aromatic heterocycles. The van der Waals surface area contributed by atoms with E-state index in [1.807, 2.05) is 24.3 Å². The summed E-state index contributed by atoms with van der Waals surface area (Å²) in [5.74, 6) is -0.897. The lowest BCUT2D eigenvalue weighted by atomic mass is 9.93. The van der Waals surface area contributed by atoms with Crippen molar-refractivity contribution in [3.63, 3.8) is 0 Å². The number of alkyl carbamates (subject to hydrolysis) is 1. The van der Waals surface area contributed by atoms with E-state index in [1.54, 1.807) is 27.0 Å². The standard InChI is InChI=1S/C22H28N4O5/c1-22(2,3)31-21(29)25-17(10-16-11-23-13-24-16)19(27)26-12-15-8-6-5-7-14(15)9-18(26)20(28)30-4/h5-8,11,13,17-18H,9-10,12H2,1-4H3,(H,23,24)(H,25,29)/t17-,18-/m0/s1. The van der Waals surface area contributed by atoms with Crippen LogP contribution in [0.2, 0.25) is 0 Å². The average molecular weight is 428 g/mol. The first-order chi connectivity index (χ1) is 14.7. The number of aromatic amines is 1. The first kappa shape index (κ1) is 22.3. The fourth-order valence-electron chi connectivity index (χ4n) is 3.57. The van der Waals surface area contributed by atoms with Crippen LogP contribution in [-0.2, 0) is 38.4 Å². The van der Waals surface area contributed by atoms with Gasteiger partial charge in [-0.25, -0.2) is 14.6 Å². The molecule has 0 unspecified atom stereocenters. The van der Waals surface area contributed by atoms with E-state index in [1.165, 1.54) is 18.3 Å². The summed E-state index contributed by atoms with van der Waals surface area (Å²) in [6.07, 6.45) is 2.89. The number of ether oxygens (including phenoxy) is 2. The summed E-state index contributed by atoms with van der Waals surface area (Å²) in [6.45, 7) is 5.47. The lowest BCUT2D eigenvalue weighted by Crippen LogP contribution is -2.56.